The molecule has 0 heterocycles. The highest BCUT2D eigenvalue weighted by Gasteiger charge is 2.34. The average molecular weight is 226 g/mol. The lowest BCUT2D eigenvalue weighted by atomic mass is 10.2. The van der Waals surface area contributed by atoms with Crippen LogP contribution in [0, 0.1) is 0 Å². The first-order valence-electron chi connectivity index (χ1n) is 4.97. The second kappa shape index (κ2) is 5.96. The summed E-state index contributed by atoms with van der Waals surface area (Å²) in [6.07, 6.45) is 0. The Labute approximate surface area is 91.6 Å². The fourth-order valence-electron chi connectivity index (χ4n) is 1.35. The van der Waals surface area contributed by atoms with Crippen LogP contribution >= 0.6 is 8.46 Å². The molecule has 15 heavy (non-hydrogen) atoms. The molecule has 0 atom stereocenters. The van der Waals surface area contributed by atoms with Crippen LogP contribution in [0.15, 0.2) is 30.3 Å². The van der Waals surface area contributed by atoms with Gasteiger partial charge in [0.05, 0.1) is 0 Å². The minimum atomic E-state index is -1.15. The normalized spacial score (nSPS) is 11.9. The zero-order valence-electron chi connectivity index (χ0n) is 8.97. The lowest BCUT2D eigenvalue weighted by molar-refractivity contribution is -0.176. The van der Waals surface area contributed by atoms with Crippen molar-refractivity contribution >= 4 is 8.46 Å². The molecule has 0 N–H and O–H groups in total. The molecule has 3 nitrogen and oxygen atoms in total. The zero-order chi connectivity index (χ0) is 11.1. The van der Waals surface area contributed by atoms with Crippen molar-refractivity contribution in [2.45, 2.75) is 19.4 Å². The van der Waals surface area contributed by atoms with Crippen LogP contribution in [0.5, 0.6) is 0 Å². The Balaban J connectivity index is 3.03. The molecule has 1 aromatic rings. The van der Waals surface area contributed by atoms with Crippen LogP contribution in [0.25, 0.3) is 0 Å². The fourth-order valence-corrected chi connectivity index (χ4v) is 1.97. The Kier molecular flexibility index (Phi) is 4.89. The molecule has 0 radical (unpaired) electrons. The van der Waals surface area contributed by atoms with Crippen molar-refractivity contribution in [2.75, 3.05) is 13.2 Å². The molecule has 0 aromatic heterocycles. The van der Waals surface area contributed by atoms with E-state index in [1.807, 2.05) is 44.2 Å². The number of benzene rings is 1. The molecule has 0 amide bonds. The maximum Gasteiger partial charge on any atom is 0.278 e. The van der Waals surface area contributed by atoms with E-state index in [0.717, 1.165) is 5.56 Å². The van der Waals surface area contributed by atoms with Crippen molar-refractivity contribution in [1.29, 1.82) is 0 Å². The van der Waals surface area contributed by atoms with Gasteiger partial charge in [0, 0.05) is 18.8 Å². The maximum absolute atomic E-state index is 11.3. The molecule has 0 fully saturated rings. The standard InChI is InChI=1S/C11H15O3P/c1-3-13-11(15-12,14-4-2)10-8-6-5-7-9-10/h5-9H,3-4H2,1-2H3. The van der Waals surface area contributed by atoms with Crippen LogP contribution in [0.3, 0.4) is 0 Å². The summed E-state index contributed by atoms with van der Waals surface area (Å²) < 4.78 is 22.2. The van der Waals surface area contributed by atoms with Gasteiger partial charge in [-0.1, -0.05) is 30.3 Å². The van der Waals surface area contributed by atoms with Gasteiger partial charge in [-0.15, -0.1) is 0 Å². The van der Waals surface area contributed by atoms with Gasteiger partial charge in [0.2, 0.25) is 8.46 Å². The SMILES string of the molecule is CCOC(OCC)(P=O)c1ccccc1. The molecule has 0 aliphatic rings. The quantitative estimate of drug-likeness (QED) is 0.552. The topological polar surface area (TPSA) is 35.5 Å². The lowest BCUT2D eigenvalue weighted by Crippen LogP contribution is -2.27. The predicted molar refractivity (Wildman–Crippen MR) is 59.0 cm³/mol. The Morgan fingerprint density at radius 2 is 1.67 bits per heavy atom. The van der Waals surface area contributed by atoms with Crippen molar-refractivity contribution in [2.24, 2.45) is 0 Å². The molecule has 4 heteroatoms. The number of hydrogen-bond acceptors (Lipinski definition) is 3. The molecule has 0 aliphatic carbocycles. The average Bonchev–Trinajstić information content (AvgIpc) is 2.30. The summed E-state index contributed by atoms with van der Waals surface area (Å²) in [5.74, 6) is 0. The Morgan fingerprint density at radius 3 is 2.07 bits per heavy atom. The zero-order valence-corrected chi connectivity index (χ0v) is 9.87. The minimum Gasteiger partial charge on any atom is -0.337 e. The van der Waals surface area contributed by atoms with Crippen LogP contribution in [0.1, 0.15) is 19.4 Å². The summed E-state index contributed by atoms with van der Waals surface area (Å²) in [4.78, 5) is 0. The first-order valence-corrected chi connectivity index (χ1v) is 5.78. The summed E-state index contributed by atoms with van der Waals surface area (Å²) in [6, 6.07) is 9.32. The molecular formula is C11H15O3P. The number of hydrogen-bond donors (Lipinski definition) is 0. The number of ether oxygens (including phenoxy) is 2. The Bertz CT molecular complexity index is 294. The first kappa shape index (κ1) is 12.3. The van der Waals surface area contributed by atoms with Gasteiger partial charge in [-0.3, -0.25) is 4.57 Å². The van der Waals surface area contributed by atoms with Crippen LogP contribution < -0.4 is 0 Å². The van der Waals surface area contributed by atoms with E-state index in [0.29, 0.717) is 13.2 Å². The second-order valence-electron chi connectivity index (χ2n) is 2.91. The van der Waals surface area contributed by atoms with Crippen molar-refractivity contribution in [1.82, 2.24) is 0 Å². The molecule has 0 spiro atoms. The van der Waals surface area contributed by atoms with E-state index in [1.54, 1.807) is 0 Å². The van der Waals surface area contributed by atoms with E-state index in [-0.39, 0.29) is 8.46 Å². The highest BCUT2D eigenvalue weighted by Crippen LogP contribution is 2.37. The summed E-state index contributed by atoms with van der Waals surface area (Å²) in [6.45, 7) is 4.60. The molecule has 82 valence electrons. The van der Waals surface area contributed by atoms with Crippen molar-refractivity contribution < 1.29 is 14.0 Å². The Hall–Kier alpha value is -0.760. The highest BCUT2D eigenvalue weighted by molar-refractivity contribution is 7.24. The molecule has 0 aliphatic heterocycles. The predicted octanol–water partition coefficient (Wildman–Crippen LogP) is 3.16. The summed E-state index contributed by atoms with van der Waals surface area (Å²) in [5, 5.41) is 0. The van der Waals surface area contributed by atoms with Gasteiger partial charge in [0.1, 0.15) is 0 Å². The third kappa shape index (κ3) is 2.85. The van der Waals surface area contributed by atoms with E-state index < -0.39 is 5.53 Å². The van der Waals surface area contributed by atoms with E-state index in [2.05, 4.69) is 0 Å². The van der Waals surface area contributed by atoms with E-state index in [9.17, 15) is 4.57 Å². The van der Waals surface area contributed by atoms with Crippen molar-refractivity contribution in [3.05, 3.63) is 35.9 Å². The molecule has 1 aromatic carbocycles. The van der Waals surface area contributed by atoms with Crippen LogP contribution in [0.2, 0.25) is 0 Å². The maximum atomic E-state index is 11.3. The largest absolute Gasteiger partial charge is 0.337 e. The van der Waals surface area contributed by atoms with E-state index in [1.165, 1.54) is 0 Å². The van der Waals surface area contributed by atoms with E-state index >= 15 is 0 Å². The van der Waals surface area contributed by atoms with Gasteiger partial charge >= 0.3 is 0 Å². The number of rotatable bonds is 6. The van der Waals surface area contributed by atoms with Gasteiger partial charge in [-0.2, -0.15) is 0 Å². The van der Waals surface area contributed by atoms with Gasteiger partial charge < -0.3 is 9.47 Å². The fraction of sp³-hybridized carbons (Fsp3) is 0.455. The van der Waals surface area contributed by atoms with E-state index in [4.69, 9.17) is 9.47 Å². The highest BCUT2D eigenvalue weighted by atomic mass is 31.1. The summed E-state index contributed by atoms with van der Waals surface area (Å²) in [7, 11) is -0.180. The molecule has 0 unspecified atom stereocenters. The smallest absolute Gasteiger partial charge is 0.278 e. The van der Waals surface area contributed by atoms with Gasteiger partial charge in [-0.25, -0.2) is 0 Å². The third-order valence-corrected chi connectivity index (χ3v) is 2.70. The van der Waals surface area contributed by atoms with Gasteiger partial charge in [0.25, 0.3) is 5.53 Å². The monoisotopic (exact) mass is 226 g/mol. The van der Waals surface area contributed by atoms with Crippen LogP contribution in [-0.2, 0) is 19.6 Å². The van der Waals surface area contributed by atoms with Crippen molar-refractivity contribution in [3.63, 3.8) is 0 Å². The van der Waals surface area contributed by atoms with Crippen LogP contribution in [-0.4, -0.2) is 13.2 Å². The molecule has 0 saturated heterocycles. The van der Waals surface area contributed by atoms with Crippen LogP contribution in [0.4, 0.5) is 0 Å². The molecule has 0 bridgehead atoms. The third-order valence-electron chi connectivity index (χ3n) is 1.94. The summed E-state index contributed by atoms with van der Waals surface area (Å²) >= 11 is 0. The van der Waals surface area contributed by atoms with Crippen molar-refractivity contribution in [3.8, 4) is 0 Å². The molecule has 0 saturated carbocycles. The molecular weight excluding hydrogens is 211 g/mol. The second-order valence-corrected chi connectivity index (χ2v) is 3.68. The first-order chi connectivity index (χ1) is 7.29. The van der Waals surface area contributed by atoms with Gasteiger partial charge in [-0.05, 0) is 13.8 Å². The minimum absolute atomic E-state index is 0.180. The summed E-state index contributed by atoms with van der Waals surface area (Å²) in [5.41, 5.74) is -0.379. The lowest BCUT2D eigenvalue weighted by Gasteiger charge is -2.26. The Morgan fingerprint density at radius 1 is 1.13 bits per heavy atom. The van der Waals surface area contributed by atoms with Gasteiger partial charge in [0.15, 0.2) is 0 Å². The molecule has 1 rings (SSSR count).